The molecule has 0 unspecified atom stereocenters. The van der Waals surface area contributed by atoms with E-state index >= 15 is 0 Å². The third kappa shape index (κ3) is 4.10. The van der Waals surface area contributed by atoms with Crippen molar-refractivity contribution in [3.05, 3.63) is 83.3 Å². The molecule has 0 saturated carbocycles. The highest BCUT2D eigenvalue weighted by Crippen LogP contribution is 2.31. The average Bonchev–Trinajstić information content (AvgIpc) is 3.30. The summed E-state index contributed by atoms with van der Waals surface area (Å²) >= 11 is 4.54. The maximum Gasteiger partial charge on any atom is 0.338 e. The molecule has 2 aromatic heterocycles. The van der Waals surface area contributed by atoms with Crippen LogP contribution in [0.25, 0.3) is 6.08 Å². The molecular formula is C23H22BrN3O4S. The first kappa shape index (κ1) is 22.3. The molecule has 7 nitrogen and oxygen atoms in total. The van der Waals surface area contributed by atoms with Crippen LogP contribution in [0.15, 0.2) is 66.5 Å². The molecule has 1 atom stereocenters. The third-order valence-corrected chi connectivity index (χ3v) is 6.52. The highest BCUT2D eigenvalue weighted by molar-refractivity contribution is 9.10. The van der Waals surface area contributed by atoms with E-state index in [1.54, 1.807) is 36.6 Å². The summed E-state index contributed by atoms with van der Waals surface area (Å²) in [6.07, 6.45) is 1.68. The van der Waals surface area contributed by atoms with Gasteiger partial charge in [0.25, 0.3) is 5.56 Å². The van der Waals surface area contributed by atoms with E-state index in [0.717, 1.165) is 11.3 Å². The number of anilines is 1. The summed E-state index contributed by atoms with van der Waals surface area (Å²) in [5, 5.41) is 0. The Bertz CT molecular complexity index is 1380. The van der Waals surface area contributed by atoms with Gasteiger partial charge in [0.2, 0.25) is 0 Å². The Balaban J connectivity index is 1.93. The Morgan fingerprint density at radius 3 is 2.59 bits per heavy atom. The van der Waals surface area contributed by atoms with E-state index in [4.69, 9.17) is 9.15 Å². The molecule has 0 radical (unpaired) electrons. The zero-order valence-electron chi connectivity index (χ0n) is 18.1. The normalized spacial score (nSPS) is 16.0. The largest absolute Gasteiger partial charge is 0.463 e. The minimum atomic E-state index is -0.632. The molecule has 0 fully saturated rings. The number of esters is 1. The van der Waals surface area contributed by atoms with Crippen molar-refractivity contribution in [3.8, 4) is 0 Å². The molecule has 0 saturated heterocycles. The predicted molar refractivity (Wildman–Crippen MR) is 128 cm³/mol. The summed E-state index contributed by atoms with van der Waals surface area (Å²) in [6, 6.07) is 10.7. The summed E-state index contributed by atoms with van der Waals surface area (Å²) in [5.41, 5.74) is 2.49. The van der Waals surface area contributed by atoms with Crippen molar-refractivity contribution in [2.24, 2.45) is 4.99 Å². The number of fused-ring (bicyclic) bond motifs is 1. The molecule has 0 amide bonds. The maximum absolute atomic E-state index is 13.5. The van der Waals surface area contributed by atoms with Gasteiger partial charge in [0.1, 0.15) is 5.76 Å². The van der Waals surface area contributed by atoms with Crippen LogP contribution in [-0.2, 0) is 9.53 Å². The van der Waals surface area contributed by atoms with Crippen LogP contribution in [0.2, 0.25) is 0 Å². The number of carbonyl (C=O) groups is 1. The average molecular weight is 516 g/mol. The summed E-state index contributed by atoms with van der Waals surface area (Å²) in [7, 11) is 3.92. The van der Waals surface area contributed by atoms with Gasteiger partial charge in [-0.25, -0.2) is 9.79 Å². The van der Waals surface area contributed by atoms with E-state index < -0.39 is 12.0 Å². The summed E-state index contributed by atoms with van der Waals surface area (Å²) in [4.78, 5) is 33.5. The third-order valence-electron chi connectivity index (χ3n) is 5.11. The summed E-state index contributed by atoms with van der Waals surface area (Å²) in [6.45, 7) is 3.76. The van der Waals surface area contributed by atoms with E-state index in [0.29, 0.717) is 31.0 Å². The number of halogens is 1. The van der Waals surface area contributed by atoms with Gasteiger partial charge in [0.15, 0.2) is 9.47 Å². The molecule has 1 aliphatic heterocycles. The van der Waals surface area contributed by atoms with Crippen LogP contribution in [-0.4, -0.2) is 31.2 Å². The van der Waals surface area contributed by atoms with Crippen molar-refractivity contribution in [2.45, 2.75) is 19.9 Å². The molecule has 0 spiro atoms. The second-order valence-corrected chi connectivity index (χ2v) is 9.22. The zero-order chi connectivity index (χ0) is 23.0. The van der Waals surface area contributed by atoms with Crippen LogP contribution in [0.3, 0.4) is 0 Å². The Kier molecular flexibility index (Phi) is 6.21. The SMILES string of the molecule is CCOC(=O)C1=C(C)N=c2s/c(=C/c3ccc(Br)o3)c(=O)n2[C@H]1c1ccc(N(C)C)cc1. The molecule has 166 valence electrons. The molecule has 0 N–H and O–H groups in total. The molecule has 1 aromatic carbocycles. The number of hydrogen-bond donors (Lipinski definition) is 0. The van der Waals surface area contributed by atoms with Crippen LogP contribution >= 0.6 is 27.3 Å². The Hall–Kier alpha value is -2.91. The van der Waals surface area contributed by atoms with Gasteiger partial charge in [-0.3, -0.25) is 9.36 Å². The molecule has 32 heavy (non-hydrogen) atoms. The number of ether oxygens (including phenoxy) is 1. The smallest absolute Gasteiger partial charge is 0.338 e. The fraction of sp³-hybridized carbons (Fsp3) is 0.261. The molecule has 9 heteroatoms. The van der Waals surface area contributed by atoms with Gasteiger partial charge in [-0.1, -0.05) is 23.5 Å². The fourth-order valence-electron chi connectivity index (χ4n) is 3.60. The Labute approximate surface area is 197 Å². The van der Waals surface area contributed by atoms with Gasteiger partial charge >= 0.3 is 5.97 Å². The number of benzene rings is 1. The number of thiazole rings is 1. The molecule has 1 aliphatic rings. The lowest BCUT2D eigenvalue weighted by atomic mass is 9.95. The zero-order valence-corrected chi connectivity index (χ0v) is 20.5. The van der Waals surface area contributed by atoms with E-state index in [1.165, 1.54) is 11.3 Å². The second kappa shape index (κ2) is 8.91. The van der Waals surface area contributed by atoms with Gasteiger partial charge in [-0.2, -0.15) is 0 Å². The number of allylic oxidation sites excluding steroid dienone is 1. The van der Waals surface area contributed by atoms with Gasteiger partial charge in [0, 0.05) is 25.9 Å². The van der Waals surface area contributed by atoms with Crippen molar-refractivity contribution in [1.29, 1.82) is 0 Å². The van der Waals surface area contributed by atoms with E-state index in [1.807, 2.05) is 43.3 Å². The molecule has 0 aliphatic carbocycles. The standard InChI is InChI=1S/C23H22BrN3O4S/c1-5-30-22(29)19-13(2)25-23-27(20(19)14-6-8-15(9-7-14)26(3)4)21(28)17(32-23)12-16-10-11-18(24)31-16/h6-12,20H,5H2,1-4H3/b17-12+/t20-/m0/s1. The van der Waals surface area contributed by atoms with Gasteiger partial charge in [-0.05, 0) is 59.6 Å². The van der Waals surface area contributed by atoms with Gasteiger partial charge < -0.3 is 14.1 Å². The van der Waals surface area contributed by atoms with Crippen LogP contribution in [0.4, 0.5) is 5.69 Å². The number of furan rings is 1. The summed E-state index contributed by atoms with van der Waals surface area (Å²) < 4.78 is 13.5. The monoisotopic (exact) mass is 515 g/mol. The topological polar surface area (TPSA) is 77.0 Å². The first-order valence-electron chi connectivity index (χ1n) is 10.0. The van der Waals surface area contributed by atoms with Crippen LogP contribution in [0, 0.1) is 0 Å². The number of hydrogen-bond acceptors (Lipinski definition) is 7. The Morgan fingerprint density at radius 1 is 1.28 bits per heavy atom. The minimum Gasteiger partial charge on any atom is -0.463 e. The number of rotatable bonds is 5. The lowest BCUT2D eigenvalue weighted by Gasteiger charge is -2.25. The van der Waals surface area contributed by atoms with Crippen molar-refractivity contribution in [2.75, 3.05) is 25.6 Å². The van der Waals surface area contributed by atoms with Crippen LogP contribution in [0.1, 0.15) is 31.2 Å². The van der Waals surface area contributed by atoms with E-state index in [9.17, 15) is 9.59 Å². The first-order valence-corrected chi connectivity index (χ1v) is 11.6. The second-order valence-electron chi connectivity index (χ2n) is 7.43. The molecule has 3 aromatic rings. The minimum absolute atomic E-state index is 0.236. The Morgan fingerprint density at radius 2 is 2.00 bits per heavy atom. The van der Waals surface area contributed by atoms with Gasteiger partial charge in [0.05, 0.1) is 28.5 Å². The van der Waals surface area contributed by atoms with Crippen molar-refractivity contribution in [1.82, 2.24) is 4.57 Å². The lowest BCUT2D eigenvalue weighted by molar-refractivity contribution is -0.139. The van der Waals surface area contributed by atoms with E-state index in [-0.39, 0.29) is 12.2 Å². The van der Waals surface area contributed by atoms with Crippen LogP contribution < -0.4 is 19.8 Å². The van der Waals surface area contributed by atoms with Crippen molar-refractivity contribution < 1.29 is 13.9 Å². The highest BCUT2D eigenvalue weighted by Gasteiger charge is 2.33. The highest BCUT2D eigenvalue weighted by atomic mass is 79.9. The fourth-order valence-corrected chi connectivity index (χ4v) is 4.94. The van der Waals surface area contributed by atoms with E-state index in [2.05, 4.69) is 20.9 Å². The lowest BCUT2D eigenvalue weighted by Crippen LogP contribution is -2.39. The predicted octanol–water partition coefficient (Wildman–Crippen LogP) is 3.22. The first-order chi connectivity index (χ1) is 15.3. The number of aromatic nitrogens is 1. The van der Waals surface area contributed by atoms with Gasteiger partial charge in [-0.15, -0.1) is 0 Å². The molecule has 0 bridgehead atoms. The number of carbonyl (C=O) groups excluding carboxylic acids is 1. The quantitative estimate of drug-likeness (QED) is 0.487. The van der Waals surface area contributed by atoms with Crippen molar-refractivity contribution in [3.63, 3.8) is 0 Å². The summed E-state index contributed by atoms with van der Waals surface area (Å²) in [5.74, 6) is 0.0787. The molecule has 3 heterocycles. The maximum atomic E-state index is 13.5. The van der Waals surface area contributed by atoms with Crippen molar-refractivity contribution >= 4 is 45.0 Å². The van der Waals surface area contributed by atoms with Crippen LogP contribution in [0.5, 0.6) is 0 Å². The number of nitrogens with zero attached hydrogens (tertiary/aromatic N) is 3. The molecular weight excluding hydrogens is 494 g/mol. The molecule has 4 rings (SSSR count).